The Kier molecular flexibility index (Phi) is 6.60. The summed E-state index contributed by atoms with van der Waals surface area (Å²) in [6, 6.07) is 10.6. The van der Waals surface area contributed by atoms with Gasteiger partial charge in [-0.3, -0.25) is 9.78 Å². The number of hydrogen-bond donors (Lipinski definition) is 2. The normalized spacial score (nSPS) is 15.7. The first kappa shape index (κ1) is 19.8. The van der Waals surface area contributed by atoms with Crippen LogP contribution in [0.25, 0.3) is 0 Å². The van der Waals surface area contributed by atoms with Crippen molar-refractivity contribution in [3.63, 3.8) is 0 Å². The van der Waals surface area contributed by atoms with E-state index in [1.807, 2.05) is 24.0 Å². The minimum absolute atomic E-state index is 0.00195. The first-order valence-corrected chi connectivity index (χ1v) is 9.55. The highest BCUT2D eigenvalue weighted by atomic mass is 16.2. The lowest BCUT2D eigenvalue weighted by Crippen LogP contribution is -2.47. The third-order valence-corrected chi connectivity index (χ3v) is 4.80. The van der Waals surface area contributed by atoms with Crippen LogP contribution in [-0.4, -0.2) is 66.0 Å². The van der Waals surface area contributed by atoms with Crippen LogP contribution in [0.4, 0.5) is 10.5 Å². The van der Waals surface area contributed by atoms with Gasteiger partial charge in [0, 0.05) is 55.9 Å². The Hall–Kier alpha value is -2.93. The molecule has 2 aromatic rings. The van der Waals surface area contributed by atoms with Crippen LogP contribution in [0, 0.1) is 0 Å². The van der Waals surface area contributed by atoms with Gasteiger partial charge in [-0.15, -0.1) is 0 Å². The van der Waals surface area contributed by atoms with Gasteiger partial charge in [0.05, 0.1) is 0 Å². The molecule has 1 fully saturated rings. The molecular weight excluding hydrogens is 354 g/mol. The molecule has 0 aliphatic carbocycles. The molecule has 7 heteroatoms. The first-order chi connectivity index (χ1) is 13.5. The highest BCUT2D eigenvalue weighted by molar-refractivity contribution is 5.97. The predicted octanol–water partition coefficient (Wildman–Crippen LogP) is 2.22. The van der Waals surface area contributed by atoms with Crippen molar-refractivity contribution in [1.29, 1.82) is 0 Å². The third-order valence-electron chi connectivity index (χ3n) is 4.80. The zero-order chi connectivity index (χ0) is 19.9. The van der Waals surface area contributed by atoms with Gasteiger partial charge in [-0.1, -0.05) is 12.1 Å². The lowest BCUT2D eigenvalue weighted by Gasteiger charge is -2.32. The van der Waals surface area contributed by atoms with Crippen LogP contribution in [0.5, 0.6) is 0 Å². The maximum Gasteiger partial charge on any atom is 0.319 e. The number of nitrogens with zero attached hydrogens (tertiary/aromatic N) is 3. The third kappa shape index (κ3) is 5.53. The van der Waals surface area contributed by atoms with Crippen LogP contribution in [0.3, 0.4) is 0 Å². The average Bonchev–Trinajstić information content (AvgIpc) is 2.69. The number of nitrogens with one attached hydrogen (secondary N) is 2. The molecule has 1 aromatic carbocycles. The number of carbonyl (C=O) groups is 2. The zero-order valence-electron chi connectivity index (χ0n) is 16.4. The van der Waals surface area contributed by atoms with E-state index < -0.39 is 0 Å². The molecule has 3 amide bonds. The Morgan fingerprint density at radius 3 is 2.64 bits per heavy atom. The van der Waals surface area contributed by atoms with E-state index >= 15 is 0 Å². The molecule has 28 heavy (non-hydrogen) atoms. The summed E-state index contributed by atoms with van der Waals surface area (Å²) in [6.45, 7) is 5.14. The number of urea groups is 1. The highest BCUT2D eigenvalue weighted by Gasteiger charge is 2.20. The van der Waals surface area contributed by atoms with E-state index in [1.54, 1.807) is 36.7 Å². The minimum atomic E-state index is -0.291. The topological polar surface area (TPSA) is 77.6 Å². The molecule has 7 nitrogen and oxygen atoms in total. The predicted molar refractivity (Wildman–Crippen MR) is 109 cm³/mol. The SMILES string of the molecule is C[C@H](Cc1cccnc1)NC(=O)Nc1cccc(C(=O)N2CCN(C)CC2)c1. The fourth-order valence-electron chi connectivity index (χ4n) is 3.24. The number of aromatic nitrogens is 1. The minimum Gasteiger partial charge on any atom is -0.336 e. The fourth-order valence-corrected chi connectivity index (χ4v) is 3.24. The molecular formula is C21H27N5O2. The van der Waals surface area contributed by atoms with Gasteiger partial charge >= 0.3 is 6.03 Å². The molecule has 2 N–H and O–H groups in total. The number of rotatable bonds is 5. The van der Waals surface area contributed by atoms with Crippen LogP contribution in [0.2, 0.25) is 0 Å². The van der Waals surface area contributed by atoms with Crippen LogP contribution >= 0.6 is 0 Å². The van der Waals surface area contributed by atoms with Gasteiger partial charge in [0.1, 0.15) is 0 Å². The second-order valence-electron chi connectivity index (χ2n) is 7.24. The summed E-state index contributed by atoms with van der Waals surface area (Å²) < 4.78 is 0. The van der Waals surface area contributed by atoms with E-state index in [2.05, 4.69) is 27.6 Å². The largest absolute Gasteiger partial charge is 0.336 e. The highest BCUT2D eigenvalue weighted by Crippen LogP contribution is 2.14. The van der Waals surface area contributed by atoms with Crippen molar-refractivity contribution in [1.82, 2.24) is 20.1 Å². The molecule has 1 aromatic heterocycles. The van der Waals surface area contributed by atoms with Crippen molar-refractivity contribution in [2.45, 2.75) is 19.4 Å². The summed E-state index contributed by atoms with van der Waals surface area (Å²) >= 11 is 0. The van der Waals surface area contributed by atoms with E-state index in [0.717, 1.165) is 31.7 Å². The van der Waals surface area contributed by atoms with Crippen molar-refractivity contribution in [3.8, 4) is 0 Å². The van der Waals surface area contributed by atoms with Gasteiger partial charge in [-0.05, 0) is 50.2 Å². The number of anilines is 1. The summed E-state index contributed by atoms with van der Waals surface area (Å²) in [5, 5.41) is 5.73. The fraction of sp³-hybridized carbons (Fsp3) is 0.381. The Balaban J connectivity index is 1.55. The summed E-state index contributed by atoms with van der Waals surface area (Å²) in [6.07, 6.45) is 4.22. The Morgan fingerprint density at radius 1 is 1.14 bits per heavy atom. The van der Waals surface area contributed by atoms with Gasteiger partial charge in [-0.2, -0.15) is 0 Å². The molecule has 1 atom stereocenters. The Bertz CT molecular complexity index is 803. The first-order valence-electron chi connectivity index (χ1n) is 9.55. The second-order valence-corrected chi connectivity index (χ2v) is 7.24. The van der Waals surface area contributed by atoms with E-state index in [1.165, 1.54) is 0 Å². The quantitative estimate of drug-likeness (QED) is 0.833. The molecule has 3 rings (SSSR count). The number of carbonyl (C=O) groups excluding carboxylic acids is 2. The van der Waals surface area contributed by atoms with Crippen LogP contribution in [0.15, 0.2) is 48.8 Å². The Labute approximate surface area is 165 Å². The van der Waals surface area contributed by atoms with Crippen molar-refractivity contribution in [2.75, 3.05) is 38.5 Å². The number of likely N-dealkylation sites (N-methyl/N-ethyl adjacent to an activating group) is 1. The molecule has 0 radical (unpaired) electrons. The number of benzene rings is 1. The molecule has 0 bridgehead atoms. The molecule has 148 valence electrons. The maximum atomic E-state index is 12.7. The molecule has 0 saturated carbocycles. The van der Waals surface area contributed by atoms with Gasteiger partial charge in [0.25, 0.3) is 5.91 Å². The lowest BCUT2D eigenvalue weighted by molar-refractivity contribution is 0.0664. The molecule has 1 aliphatic rings. The van der Waals surface area contributed by atoms with Crippen LogP contribution in [-0.2, 0) is 6.42 Å². The van der Waals surface area contributed by atoms with Gasteiger partial charge in [-0.25, -0.2) is 4.79 Å². The standard InChI is InChI=1S/C21H27N5O2/c1-16(13-17-5-4-8-22-15-17)23-21(28)24-19-7-3-6-18(14-19)20(27)26-11-9-25(2)10-12-26/h3-8,14-16H,9-13H2,1-2H3,(H2,23,24,28)/t16-/m1/s1. The van der Waals surface area contributed by atoms with Gasteiger partial charge in [0.15, 0.2) is 0 Å². The number of hydrogen-bond acceptors (Lipinski definition) is 4. The van der Waals surface area contributed by atoms with Gasteiger partial charge < -0.3 is 20.4 Å². The molecule has 0 unspecified atom stereocenters. The zero-order valence-corrected chi connectivity index (χ0v) is 16.4. The van der Waals surface area contributed by atoms with Crippen molar-refractivity contribution < 1.29 is 9.59 Å². The summed E-state index contributed by atoms with van der Waals surface area (Å²) in [5.74, 6) is 0.00195. The van der Waals surface area contributed by atoms with Crippen molar-refractivity contribution in [2.24, 2.45) is 0 Å². The maximum absolute atomic E-state index is 12.7. The number of pyridine rings is 1. The number of amides is 3. The van der Waals surface area contributed by atoms with Crippen LogP contribution < -0.4 is 10.6 Å². The number of piperazine rings is 1. The van der Waals surface area contributed by atoms with Gasteiger partial charge in [0.2, 0.25) is 0 Å². The second kappa shape index (κ2) is 9.32. The van der Waals surface area contributed by atoms with E-state index in [-0.39, 0.29) is 18.0 Å². The van der Waals surface area contributed by atoms with E-state index in [9.17, 15) is 9.59 Å². The monoisotopic (exact) mass is 381 g/mol. The van der Waals surface area contributed by atoms with Crippen molar-refractivity contribution >= 4 is 17.6 Å². The summed E-state index contributed by atoms with van der Waals surface area (Å²) in [4.78, 5) is 33.1. The Morgan fingerprint density at radius 2 is 1.93 bits per heavy atom. The van der Waals surface area contributed by atoms with E-state index in [0.29, 0.717) is 17.7 Å². The van der Waals surface area contributed by atoms with Crippen LogP contribution in [0.1, 0.15) is 22.8 Å². The molecule has 2 heterocycles. The molecule has 1 aliphatic heterocycles. The molecule has 1 saturated heterocycles. The summed E-state index contributed by atoms with van der Waals surface area (Å²) in [7, 11) is 2.06. The average molecular weight is 381 g/mol. The lowest BCUT2D eigenvalue weighted by atomic mass is 10.1. The molecule has 0 spiro atoms. The summed E-state index contributed by atoms with van der Waals surface area (Å²) in [5.41, 5.74) is 2.26. The van der Waals surface area contributed by atoms with E-state index in [4.69, 9.17) is 0 Å². The van der Waals surface area contributed by atoms with Crippen molar-refractivity contribution in [3.05, 3.63) is 59.9 Å². The smallest absolute Gasteiger partial charge is 0.319 e.